The molecule has 0 radical (unpaired) electrons. The van der Waals surface area contributed by atoms with Gasteiger partial charge in [0.2, 0.25) is 0 Å². The molecule has 0 saturated heterocycles. The van der Waals surface area contributed by atoms with Crippen molar-refractivity contribution in [2.24, 2.45) is 11.5 Å². The van der Waals surface area contributed by atoms with E-state index < -0.39 is 0 Å². The Hall–Kier alpha value is -2.06. The minimum atomic E-state index is 0.0322. The molecule has 1 atom stereocenters. The molecule has 150 valence electrons. The van der Waals surface area contributed by atoms with Crippen molar-refractivity contribution in [1.82, 2.24) is 0 Å². The van der Waals surface area contributed by atoms with Crippen LogP contribution in [0, 0.1) is 10.8 Å². The predicted molar refractivity (Wildman–Crippen MR) is 120 cm³/mol. The number of hydrogen-bond donors (Lipinski definition) is 4. The van der Waals surface area contributed by atoms with Gasteiger partial charge in [0.15, 0.2) is 0 Å². The lowest BCUT2D eigenvalue weighted by Gasteiger charge is -2.13. The molecule has 0 aliphatic rings. The lowest BCUT2D eigenvalue weighted by molar-refractivity contribution is 0.290. The van der Waals surface area contributed by atoms with E-state index in [1.165, 1.54) is 0 Å². The number of hydrogen-bond acceptors (Lipinski definition) is 4. The number of ether oxygens (including phenoxy) is 2. The van der Waals surface area contributed by atoms with Gasteiger partial charge in [-0.3, -0.25) is 10.8 Å². The van der Waals surface area contributed by atoms with Gasteiger partial charge in [0, 0.05) is 16.0 Å². The van der Waals surface area contributed by atoms with Gasteiger partial charge >= 0.3 is 0 Å². The Bertz CT molecular complexity index is 812. The highest BCUT2D eigenvalue weighted by Crippen LogP contribution is 2.26. The zero-order valence-electron chi connectivity index (χ0n) is 15.4. The molecule has 0 heterocycles. The summed E-state index contributed by atoms with van der Waals surface area (Å²) in [4.78, 5) is 0.339. The number of nitrogens with two attached hydrogens (primary N) is 2. The highest BCUT2D eigenvalue weighted by molar-refractivity contribution is 9.10. The van der Waals surface area contributed by atoms with Gasteiger partial charge in [-0.2, -0.15) is 0 Å². The standard InChI is InChI=1S/C20H24Br2N4O2/c21-15(2-1-10-27-16-6-3-13(4-7-16)19(23)24)9-11-28-18-8-5-14(20(25)26)12-17(18)22/h3-8,12,15H,1-2,9-11H2,(H3,23,24)(H3,25,26). The van der Waals surface area contributed by atoms with Crippen molar-refractivity contribution < 1.29 is 9.47 Å². The van der Waals surface area contributed by atoms with E-state index in [1.807, 2.05) is 18.2 Å². The van der Waals surface area contributed by atoms with E-state index in [1.54, 1.807) is 24.3 Å². The number of amidine groups is 2. The highest BCUT2D eigenvalue weighted by Gasteiger charge is 2.08. The van der Waals surface area contributed by atoms with Gasteiger partial charge < -0.3 is 20.9 Å². The molecule has 0 aliphatic heterocycles. The highest BCUT2D eigenvalue weighted by atomic mass is 79.9. The van der Waals surface area contributed by atoms with Crippen LogP contribution < -0.4 is 20.9 Å². The van der Waals surface area contributed by atoms with Crippen molar-refractivity contribution in [3.05, 3.63) is 58.1 Å². The number of nitrogen functional groups attached to an aromatic ring is 2. The Morgan fingerprint density at radius 3 is 2.14 bits per heavy atom. The first-order chi connectivity index (χ1) is 13.4. The Morgan fingerprint density at radius 2 is 1.54 bits per heavy atom. The number of alkyl halides is 1. The number of nitrogens with one attached hydrogen (secondary N) is 2. The van der Waals surface area contributed by atoms with Gasteiger partial charge in [0.1, 0.15) is 23.2 Å². The summed E-state index contributed by atoms with van der Waals surface area (Å²) in [5.74, 6) is 1.60. The van der Waals surface area contributed by atoms with Crippen molar-refractivity contribution in [1.29, 1.82) is 10.8 Å². The topological polar surface area (TPSA) is 118 Å². The molecule has 0 aliphatic carbocycles. The van der Waals surface area contributed by atoms with Crippen molar-refractivity contribution in [3.8, 4) is 11.5 Å². The summed E-state index contributed by atoms with van der Waals surface area (Å²) < 4.78 is 12.3. The van der Waals surface area contributed by atoms with Gasteiger partial charge in [-0.05, 0) is 77.7 Å². The normalized spacial score (nSPS) is 11.6. The first-order valence-corrected chi connectivity index (χ1v) is 10.6. The minimum absolute atomic E-state index is 0.0322. The molecule has 0 saturated carbocycles. The maximum absolute atomic E-state index is 7.44. The molecule has 2 aromatic carbocycles. The summed E-state index contributed by atoms with van der Waals surface area (Å²) in [6.07, 6.45) is 2.76. The molecule has 2 aromatic rings. The van der Waals surface area contributed by atoms with Crippen molar-refractivity contribution >= 4 is 43.5 Å². The van der Waals surface area contributed by atoms with Crippen LogP contribution in [0.15, 0.2) is 46.9 Å². The second kappa shape index (κ2) is 11.1. The summed E-state index contributed by atoms with van der Waals surface area (Å²) in [5.41, 5.74) is 12.3. The molecular weight excluding hydrogens is 488 g/mol. The van der Waals surface area contributed by atoms with Gasteiger partial charge in [0.25, 0.3) is 0 Å². The van der Waals surface area contributed by atoms with Crippen LogP contribution >= 0.6 is 31.9 Å². The number of benzene rings is 2. The van der Waals surface area contributed by atoms with Gasteiger partial charge in [0.05, 0.1) is 17.7 Å². The summed E-state index contributed by atoms with van der Waals surface area (Å²) in [6.45, 7) is 1.21. The van der Waals surface area contributed by atoms with Crippen LogP contribution in [0.1, 0.15) is 30.4 Å². The van der Waals surface area contributed by atoms with Crippen LogP contribution in [0.25, 0.3) is 0 Å². The zero-order valence-corrected chi connectivity index (χ0v) is 18.6. The number of rotatable bonds is 11. The smallest absolute Gasteiger partial charge is 0.133 e. The summed E-state index contributed by atoms with van der Waals surface area (Å²) in [7, 11) is 0. The number of halogens is 2. The Kier molecular flexibility index (Phi) is 8.79. The van der Waals surface area contributed by atoms with E-state index in [2.05, 4.69) is 31.9 Å². The zero-order chi connectivity index (χ0) is 20.5. The van der Waals surface area contributed by atoms with E-state index in [4.69, 9.17) is 31.8 Å². The maximum atomic E-state index is 7.44. The molecule has 0 fully saturated rings. The molecule has 0 spiro atoms. The van der Waals surface area contributed by atoms with E-state index in [-0.39, 0.29) is 11.7 Å². The monoisotopic (exact) mass is 510 g/mol. The second-order valence-electron chi connectivity index (χ2n) is 6.22. The quantitative estimate of drug-likeness (QED) is 0.154. The molecule has 2 rings (SSSR count). The van der Waals surface area contributed by atoms with Crippen LogP contribution in [0.3, 0.4) is 0 Å². The molecular formula is C20H24Br2N4O2. The fraction of sp³-hybridized carbons (Fsp3) is 0.300. The molecule has 1 unspecified atom stereocenters. The van der Waals surface area contributed by atoms with Gasteiger partial charge in [-0.25, -0.2) is 0 Å². The SMILES string of the molecule is N=C(N)c1ccc(OCCCC(Br)CCOc2ccc(C(=N)N)cc2Br)cc1. The Labute approximate surface area is 181 Å². The first kappa shape index (κ1) is 22.2. The molecule has 0 aromatic heterocycles. The minimum Gasteiger partial charge on any atom is -0.494 e. The van der Waals surface area contributed by atoms with Crippen LogP contribution in [0.2, 0.25) is 0 Å². The Balaban J connectivity index is 1.64. The first-order valence-electron chi connectivity index (χ1n) is 8.85. The average Bonchev–Trinajstić information content (AvgIpc) is 2.66. The molecule has 0 bridgehead atoms. The lowest BCUT2D eigenvalue weighted by atomic mass is 10.2. The van der Waals surface area contributed by atoms with E-state index in [0.717, 1.165) is 35.2 Å². The second-order valence-corrected chi connectivity index (χ2v) is 8.37. The molecule has 0 amide bonds. The van der Waals surface area contributed by atoms with Crippen molar-refractivity contribution in [2.75, 3.05) is 13.2 Å². The maximum Gasteiger partial charge on any atom is 0.133 e. The van der Waals surface area contributed by atoms with E-state index >= 15 is 0 Å². The average molecular weight is 512 g/mol. The van der Waals surface area contributed by atoms with E-state index in [0.29, 0.717) is 29.2 Å². The fourth-order valence-corrected chi connectivity index (χ4v) is 3.46. The van der Waals surface area contributed by atoms with Gasteiger partial charge in [-0.1, -0.05) is 15.9 Å². The third-order valence-corrected chi connectivity index (χ3v) is 5.56. The molecule has 6 N–H and O–H groups in total. The molecule has 8 heteroatoms. The fourth-order valence-electron chi connectivity index (χ4n) is 2.45. The van der Waals surface area contributed by atoms with Crippen LogP contribution in [-0.2, 0) is 0 Å². The molecule has 28 heavy (non-hydrogen) atoms. The third kappa shape index (κ3) is 7.16. The predicted octanol–water partition coefficient (Wildman–Crippen LogP) is 4.41. The van der Waals surface area contributed by atoms with Crippen LogP contribution in [0.5, 0.6) is 11.5 Å². The largest absolute Gasteiger partial charge is 0.494 e. The van der Waals surface area contributed by atoms with Crippen LogP contribution in [-0.4, -0.2) is 29.7 Å². The summed E-state index contributed by atoms with van der Waals surface area (Å²) in [6, 6.07) is 12.6. The summed E-state index contributed by atoms with van der Waals surface area (Å²) in [5, 5.41) is 14.8. The molecule has 6 nitrogen and oxygen atoms in total. The lowest BCUT2D eigenvalue weighted by Crippen LogP contribution is -2.11. The van der Waals surface area contributed by atoms with Crippen LogP contribution in [0.4, 0.5) is 0 Å². The van der Waals surface area contributed by atoms with Crippen molar-refractivity contribution in [2.45, 2.75) is 24.1 Å². The van der Waals surface area contributed by atoms with E-state index in [9.17, 15) is 0 Å². The Morgan fingerprint density at radius 1 is 0.893 bits per heavy atom. The third-order valence-electron chi connectivity index (χ3n) is 4.03. The summed E-state index contributed by atoms with van der Waals surface area (Å²) >= 11 is 7.13. The van der Waals surface area contributed by atoms with Gasteiger partial charge in [-0.15, -0.1) is 0 Å². The van der Waals surface area contributed by atoms with Crippen molar-refractivity contribution in [3.63, 3.8) is 0 Å².